The molecule has 1 saturated carbocycles. The minimum absolute atomic E-state index is 0.0768. The molecule has 0 amide bonds. The van der Waals surface area contributed by atoms with Crippen molar-refractivity contribution in [1.82, 2.24) is 4.68 Å². The smallest absolute Gasteiger partial charge is 0.258 e. The van der Waals surface area contributed by atoms with E-state index in [1.807, 2.05) is 34.3 Å². The fraction of sp³-hybridized carbons (Fsp3) is 0.385. The van der Waals surface area contributed by atoms with Gasteiger partial charge in [0.25, 0.3) is 5.69 Å². The molecule has 0 bridgehead atoms. The van der Waals surface area contributed by atoms with Crippen LogP contribution in [-0.4, -0.2) is 21.9 Å². The third kappa shape index (κ3) is 5.85. The van der Waals surface area contributed by atoms with Crippen LogP contribution < -0.4 is 4.80 Å². The molecule has 1 heterocycles. The summed E-state index contributed by atoms with van der Waals surface area (Å²) in [6.45, 7) is 7.53. The Labute approximate surface area is 198 Å². The van der Waals surface area contributed by atoms with Gasteiger partial charge in [0.2, 0.25) is 4.80 Å². The second kappa shape index (κ2) is 9.83. The van der Waals surface area contributed by atoms with Crippen molar-refractivity contribution in [3.63, 3.8) is 0 Å². The molecule has 6 nitrogen and oxygen atoms in total. The van der Waals surface area contributed by atoms with Gasteiger partial charge in [0.15, 0.2) is 0 Å². The normalized spacial score (nSPS) is 19.7. The summed E-state index contributed by atoms with van der Waals surface area (Å²) >= 11 is 1.53. The zero-order valence-corrected chi connectivity index (χ0v) is 20.2. The quantitative estimate of drug-likeness (QED) is 0.318. The maximum atomic E-state index is 11.3. The monoisotopic (exact) mass is 462 g/mol. The summed E-state index contributed by atoms with van der Waals surface area (Å²) in [5.41, 5.74) is 4.31. The number of hydrogen-bond acceptors (Lipinski definition) is 5. The molecule has 7 heteroatoms. The van der Waals surface area contributed by atoms with Crippen molar-refractivity contribution in [2.75, 3.05) is 6.54 Å². The lowest BCUT2D eigenvalue weighted by atomic mass is 9.72. The number of thiazole rings is 1. The van der Waals surface area contributed by atoms with Gasteiger partial charge in [0.05, 0.1) is 10.6 Å². The first kappa shape index (κ1) is 23.1. The molecule has 0 saturated heterocycles. The van der Waals surface area contributed by atoms with Gasteiger partial charge in [0, 0.05) is 35.3 Å². The number of aromatic nitrogens is 1. The summed E-state index contributed by atoms with van der Waals surface area (Å²) in [4.78, 5) is 16.7. The molecule has 1 aromatic heterocycles. The highest BCUT2D eigenvalue weighted by Gasteiger charge is 2.30. The summed E-state index contributed by atoms with van der Waals surface area (Å²) in [5.74, 6) is 0.575. The molecule has 0 N–H and O–H groups in total. The Morgan fingerprint density at radius 1 is 1.18 bits per heavy atom. The molecule has 0 spiro atoms. The van der Waals surface area contributed by atoms with Gasteiger partial charge < -0.3 is 0 Å². The predicted molar refractivity (Wildman–Crippen MR) is 135 cm³/mol. The maximum Gasteiger partial charge on any atom is 0.270 e. The van der Waals surface area contributed by atoms with Crippen LogP contribution in [0.3, 0.4) is 0 Å². The first-order valence-electron chi connectivity index (χ1n) is 11.4. The van der Waals surface area contributed by atoms with E-state index in [2.05, 4.69) is 32.9 Å². The van der Waals surface area contributed by atoms with E-state index in [-0.39, 0.29) is 16.0 Å². The van der Waals surface area contributed by atoms with Crippen LogP contribution in [0.25, 0.3) is 11.3 Å². The summed E-state index contributed by atoms with van der Waals surface area (Å²) < 4.78 is 1.90. The Kier molecular flexibility index (Phi) is 6.88. The Morgan fingerprint density at radius 2 is 1.97 bits per heavy atom. The summed E-state index contributed by atoms with van der Waals surface area (Å²) in [6, 6.07) is 17.1. The molecule has 1 fully saturated rings. The number of nitrogens with zero attached hydrogens (tertiary/aromatic N) is 4. The van der Waals surface area contributed by atoms with Crippen LogP contribution >= 0.6 is 11.3 Å². The maximum absolute atomic E-state index is 11.3. The van der Waals surface area contributed by atoms with Crippen molar-refractivity contribution in [2.45, 2.75) is 46.5 Å². The molecular formula is C26H30N4O2S. The minimum Gasteiger partial charge on any atom is -0.258 e. The first-order valence-corrected chi connectivity index (χ1v) is 12.3. The molecule has 0 radical (unpaired) electrons. The van der Waals surface area contributed by atoms with Crippen molar-refractivity contribution in [1.29, 1.82) is 0 Å². The van der Waals surface area contributed by atoms with Gasteiger partial charge in [-0.25, -0.2) is 4.68 Å². The fourth-order valence-electron chi connectivity index (χ4n) is 4.74. The zero-order chi connectivity index (χ0) is 23.4. The molecular weight excluding hydrogens is 432 g/mol. The standard InChI is InChI=1S/C26H30N4O2S/c1-19-14-22(17-26(2,3)16-19)28-29-24(21-10-7-11-23(15-21)30(31)32)18-33-25(29)27-13-12-20-8-5-4-6-9-20/h4-11,15,18-19H,12-14,16-17H2,1-3H3. The Morgan fingerprint density at radius 3 is 2.70 bits per heavy atom. The topological polar surface area (TPSA) is 72.8 Å². The molecule has 4 rings (SSSR count). The third-order valence-corrected chi connectivity index (χ3v) is 6.79. The van der Waals surface area contributed by atoms with Crippen LogP contribution in [0.5, 0.6) is 0 Å². The lowest BCUT2D eigenvalue weighted by Crippen LogP contribution is -2.29. The highest BCUT2D eigenvalue weighted by Crippen LogP contribution is 2.37. The lowest BCUT2D eigenvalue weighted by molar-refractivity contribution is -0.384. The molecule has 1 aliphatic rings. The number of nitro benzene ring substituents is 1. The second-order valence-electron chi connectivity index (χ2n) is 9.66. The molecule has 33 heavy (non-hydrogen) atoms. The first-order chi connectivity index (χ1) is 15.8. The van der Waals surface area contributed by atoms with Gasteiger partial charge in [-0.1, -0.05) is 63.2 Å². The molecule has 1 atom stereocenters. The third-order valence-electron chi connectivity index (χ3n) is 5.94. The van der Waals surface area contributed by atoms with E-state index >= 15 is 0 Å². The largest absolute Gasteiger partial charge is 0.270 e. The average molecular weight is 463 g/mol. The van der Waals surface area contributed by atoms with Crippen molar-refractivity contribution in [2.24, 2.45) is 21.4 Å². The van der Waals surface area contributed by atoms with Gasteiger partial charge in [-0.15, -0.1) is 11.3 Å². The second-order valence-corrected chi connectivity index (χ2v) is 10.5. The Hall–Kier alpha value is -3.06. The zero-order valence-electron chi connectivity index (χ0n) is 19.4. The van der Waals surface area contributed by atoms with E-state index in [0.29, 0.717) is 12.5 Å². The molecule has 1 aliphatic carbocycles. The predicted octanol–water partition coefficient (Wildman–Crippen LogP) is 6.32. The molecule has 1 unspecified atom stereocenters. The van der Waals surface area contributed by atoms with Crippen molar-refractivity contribution >= 4 is 22.7 Å². The number of benzene rings is 2. The van der Waals surface area contributed by atoms with Gasteiger partial charge >= 0.3 is 0 Å². The van der Waals surface area contributed by atoms with Crippen molar-refractivity contribution < 1.29 is 4.92 Å². The molecule has 0 aliphatic heterocycles. The SMILES string of the molecule is CC1CC(=Nn2c(-c3cccc([N+](=O)[O-])c3)csc2=NCCc2ccccc2)CC(C)(C)C1. The van der Waals surface area contributed by atoms with Crippen LogP contribution in [0.1, 0.15) is 45.6 Å². The summed E-state index contributed by atoms with van der Waals surface area (Å²) in [7, 11) is 0. The van der Waals surface area contributed by atoms with Gasteiger partial charge in [-0.2, -0.15) is 5.10 Å². The van der Waals surface area contributed by atoms with Gasteiger partial charge in [-0.3, -0.25) is 15.1 Å². The number of nitro groups is 1. The molecule has 3 aromatic rings. The van der Waals surface area contributed by atoms with Gasteiger partial charge in [-0.05, 0) is 42.6 Å². The van der Waals surface area contributed by atoms with E-state index in [4.69, 9.17) is 10.1 Å². The Balaban J connectivity index is 1.74. The number of non-ortho nitro benzene ring substituents is 1. The Bertz CT molecular complexity index is 1220. The highest BCUT2D eigenvalue weighted by atomic mass is 32.1. The summed E-state index contributed by atoms with van der Waals surface area (Å²) in [6.07, 6.45) is 3.94. The fourth-order valence-corrected chi connectivity index (χ4v) is 5.60. The van der Waals surface area contributed by atoms with Crippen LogP contribution in [0.15, 0.2) is 70.1 Å². The number of rotatable bonds is 6. The summed E-state index contributed by atoms with van der Waals surface area (Å²) in [5, 5.41) is 18.4. The van der Waals surface area contributed by atoms with Crippen LogP contribution in [0.2, 0.25) is 0 Å². The van der Waals surface area contributed by atoms with Crippen LogP contribution in [-0.2, 0) is 6.42 Å². The van der Waals surface area contributed by atoms with Crippen LogP contribution in [0.4, 0.5) is 5.69 Å². The van der Waals surface area contributed by atoms with Crippen molar-refractivity contribution in [3.05, 3.63) is 80.5 Å². The van der Waals surface area contributed by atoms with E-state index in [0.717, 1.165) is 41.0 Å². The van der Waals surface area contributed by atoms with E-state index in [9.17, 15) is 10.1 Å². The van der Waals surface area contributed by atoms with Crippen molar-refractivity contribution in [3.8, 4) is 11.3 Å². The van der Waals surface area contributed by atoms with Crippen LogP contribution in [0, 0.1) is 21.4 Å². The lowest BCUT2D eigenvalue weighted by Gasteiger charge is -2.34. The van der Waals surface area contributed by atoms with Gasteiger partial charge in [0.1, 0.15) is 0 Å². The average Bonchev–Trinajstić information content (AvgIpc) is 3.15. The molecule has 172 valence electrons. The molecule has 2 aromatic carbocycles. The van der Waals surface area contributed by atoms with E-state index in [1.165, 1.54) is 29.4 Å². The van der Waals surface area contributed by atoms with E-state index in [1.54, 1.807) is 12.1 Å². The minimum atomic E-state index is -0.359. The highest BCUT2D eigenvalue weighted by molar-refractivity contribution is 7.07. The van der Waals surface area contributed by atoms with E-state index < -0.39 is 0 Å². The number of hydrogen-bond donors (Lipinski definition) is 0.